The van der Waals surface area contributed by atoms with Crippen molar-refractivity contribution in [3.05, 3.63) is 63.6 Å². The predicted octanol–water partition coefficient (Wildman–Crippen LogP) is 3.62. The van der Waals surface area contributed by atoms with E-state index in [0.717, 1.165) is 21.7 Å². The van der Waals surface area contributed by atoms with Crippen molar-refractivity contribution in [3.8, 4) is 0 Å². The summed E-state index contributed by atoms with van der Waals surface area (Å²) >= 11 is 12.1. The Morgan fingerprint density at radius 2 is 1.72 bits per heavy atom. The van der Waals surface area contributed by atoms with Gasteiger partial charge in [0, 0.05) is 23.1 Å². The SMILES string of the molecule is CCNC(=O)[C@H](C)N(Cc1ccc(Cl)cc1)C(=O)CN(c1ccc(C)c(Cl)c1)S(C)(=O)=O. The average molecular weight is 500 g/mol. The van der Waals surface area contributed by atoms with E-state index in [2.05, 4.69) is 5.32 Å². The quantitative estimate of drug-likeness (QED) is 0.570. The average Bonchev–Trinajstić information content (AvgIpc) is 2.72. The molecule has 0 saturated heterocycles. The van der Waals surface area contributed by atoms with E-state index < -0.39 is 28.5 Å². The van der Waals surface area contributed by atoms with Crippen LogP contribution in [0.3, 0.4) is 0 Å². The second-order valence-corrected chi connectivity index (χ2v) is 10.2. The van der Waals surface area contributed by atoms with Crippen LogP contribution in [0.1, 0.15) is 25.0 Å². The molecule has 0 fully saturated rings. The smallest absolute Gasteiger partial charge is 0.244 e. The molecule has 2 amide bonds. The topological polar surface area (TPSA) is 86.8 Å². The first-order valence-electron chi connectivity index (χ1n) is 9.99. The summed E-state index contributed by atoms with van der Waals surface area (Å²) in [6.07, 6.45) is 1.02. The maximum atomic E-state index is 13.3. The van der Waals surface area contributed by atoms with E-state index in [1.54, 1.807) is 57.2 Å². The number of carbonyl (C=O) groups excluding carboxylic acids is 2. The van der Waals surface area contributed by atoms with Crippen LogP contribution in [0.15, 0.2) is 42.5 Å². The number of sulfonamides is 1. The summed E-state index contributed by atoms with van der Waals surface area (Å²) < 4.78 is 26.0. The third-order valence-corrected chi connectivity index (χ3v) is 6.71. The van der Waals surface area contributed by atoms with Crippen LogP contribution >= 0.6 is 23.2 Å². The lowest BCUT2D eigenvalue weighted by atomic mass is 10.1. The fourth-order valence-electron chi connectivity index (χ4n) is 3.04. The van der Waals surface area contributed by atoms with Crippen molar-refractivity contribution in [2.45, 2.75) is 33.4 Å². The fourth-order valence-corrected chi connectivity index (χ4v) is 4.18. The minimum Gasteiger partial charge on any atom is -0.355 e. The summed E-state index contributed by atoms with van der Waals surface area (Å²) in [6, 6.07) is 10.8. The zero-order chi connectivity index (χ0) is 24.1. The molecule has 0 aromatic heterocycles. The molecular formula is C22H27Cl2N3O4S. The van der Waals surface area contributed by atoms with E-state index in [1.807, 2.05) is 0 Å². The lowest BCUT2D eigenvalue weighted by Crippen LogP contribution is -2.51. The van der Waals surface area contributed by atoms with E-state index in [-0.39, 0.29) is 18.1 Å². The first-order valence-corrected chi connectivity index (χ1v) is 12.6. The Balaban J connectivity index is 2.39. The van der Waals surface area contributed by atoms with Crippen LogP contribution < -0.4 is 9.62 Å². The zero-order valence-corrected chi connectivity index (χ0v) is 20.8. The van der Waals surface area contributed by atoms with Crippen LogP contribution in [0.5, 0.6) is 0 Å². The third kappa shape index (κ3) is 6.85. The molecule has 1 atom stereocenters. The Morgan fingerprint density at radius 1 is 1.09 bits per heavy atom. The molecule has 0 bridgehead atoms. The maximum absolute atomic E-state index is 13.3. The fraction of sp³-hybridized carbons (Fsp3) is 0.364. The minimum absolute atomic E-state index is 0.112. The number of likely N-dealkylation sites (N-methyl/N-ethyl adjacent to an activating group) is 1. The van der Waals surface area contributed by atoms with Gasteiger partial charge in [-0.3, -0.25) is 13.9 Å². The van der Waals surface area contributed by atoms with Gasteiger partial charge in [0.1, 0.15) is 12.6 Å². The lowest BCUT2D eigenvalue weighted by Gasteiger charge is -2.31. The summed E-state index contributed by atoms with van der Waals surface area (Å²) in [5, 5.41) is 3.63. The van der Waals surface area contributed by atoms with Gasteiger partial charge < -0.3 is 10.2 Å². The molecule has 0 spiro atoms. The summed E-state index contributed by atoms with van der Waals surface area (Å²) in [7, 11) is -3.80. The number of carbonyl (C=O) groups is 2. The Kier molecular flexibility index (Phi) is 8.95. The number of aryl methyl sites for hydroxylation is 1. The highest BCUT2D eigenvalue weighted by atomic mass is 35.5. The van der Waals surface area contributed by atoms with Crippen LogP contribution in [0.25, 0.3) is 0 Å². The highest BCUT2D eigenvalue weighted by Crippen LogP contribution is 2.25. The van der Waals surface area contributed by atoms with Crippen molar-refractivity contribution in [2.75, 3.05) is 23.7 Å². The van der Waals surface area contributed by atoms with Gasteiger partial charge in [-0.2, -0.15) is 0 Å². The molecule has 32 heavy (non-hydrogen) atoms. The van der Waals surface area contributed by atoms with E-state index in [0.29, 0.717) is 16.6 Å². The highest BCUT2D eigenvalue weighted by molar-refractivity contribution is 7.92. The number of hydrogen-bond acceptors (Lipinski definition) is 4. The number of nitrogens with zero attached hydrogens (tertiary/aromatic N) is 2. The van der Waals surface area contributed by atoms with Gasteiger partial charge in [-0.15, -0.1) is 0 Å². The van der Waals surface area contributed by atoms with Gasteiger partial charge >= 0.3 is 0 Å². The standard InChI is InChI=1S/C22H27Cl2N3O4S/c1-5-25-22(29)16(3)26(13-17-7-9-18(23)10-8-17)21(28)14-27(32(4,30)31)19-11-6-15(2)20(24)12-19/h6-12,16H,5,13-14H2,1-4H3,(H,25,29)/t16-/m0/s1. The Morgan fingerprint density at radius 3 is 2.25 bits per heavy atom. The second kappa shape index (κ2) is 11.0. The van der Waals surface area contributed by atoms with E-state index in [4.69, 9.17) is 23.2 Å². The largest absolute Gasteiger partial charge is 0.355 e. The van der Waals surface area contributed by atoms with Gasteiger partial charge in [-0.05, 0) is 56.2 Å². The summed E-state index contributed by atoms with van der Waals surface area (Å²) in [5.41, 5.74) is 1.81. The van der Waals surface area contributed by atoms with Crippen LogP contribution in [-0.4, -0.2) is 50.5 Å². The molecule has 0 aliphatic heterocycles. The first-order chi connectivity index (χ1) is 14.9. The third-order valence-electron chi connectivity index (χ3n) is 4.91. The zero-order valence-electron chi connectivity index (χ0n) is 18.4. The van der Waals surface area contributed by atoms with Crippen LogP contribution in [0.4, 0.5) is 5.69 Å². The van der Waals surface area contributed by atoms with Gasteiger partial charge in [-0.1, -0.05) is 41.4 Å². The van der Waals surface area contributed by atoms with Gasteiger partial charge in [0.25, 0.3) is 0 Å². The van der Waals surface area contributed by atoms with E-state index in [1.165, 1.54) is 11.0 Å². The predicted molar refractivity (Wildman–Crippen MR) is 129 cm³/mol. The number of amides is 2. The molecule has 10 heteroatoms. The number of anilines is 1. The van der Waals surface area contributed by atoms with E-state index >= 15 is 0 Å². The first kappa shape index (κ1) is 26.0. The van der Waals surface area contributed by atoms with Crippen molar-refractivity contribution >= 4 is 50.7 Å². The van der Waals surface area contributed by atoms with Gasteiger partial charge in [-0.25, -0.2) is 8.42 Å². The summed E-state index contributed by atoms with van der Waals surface area (Å²) in [5.74, 6) is -0.861. The molecule has 0 aliphatic carbocycles. The lowest BCUT2D eigenvalue weighted by molar-refractivity contribution is -0.139. The molecule has 2 rings (SSSR count). The molecule has 7 nitrogen and oxygen atoms in total. The van der Waals surface area contributed by atoms with Crippen LogP contribution in [-0.2, 0) is 26.2 Å². The molecule has 0 heterocycles. The van der Waals surface area contributed by atoms with Crippen LogP contribution in [0.2, 0.25) is 10.0 Å². The monoisotopic (exact) mass is 499 g/mol. The van der Waals surface area contributed by atoms with Crippen molar-refractivity contribution in [1.82, 2.24) is 10.2 Å². The molecule has 0 saturated carbocycles. The molecular weight excluding hydrogens is 473 g/mol. The number of hydrogen-bond donors (Lipinski definition) is 1. The number of rotatable bonds is 9. The van der Waals surface area contributed by atoms with Crippen molar-refractivity contribution in [2.24, 2.45) is 0 Å². The molecule has 2 aromatic carbocycles. The molecule has 1 N–H and O–H groups in total. The number of halogens is 2. The number of benzene rings is 2. The van der Waals surface area contributed by atoms with Crippen molar-refractivity contribution < 1.29 is 18.0 Å². The minimum atomic E-state index is -3.80. The van der Waals surface area contributed by atoms with E-state index in [9.17, 15) is 18.0 Å². The molecule has 0 unspecified atom stereocenters. The molecule has 0 radical (unpaired) electrons. The second-order valence-electron chi connectivity index (χ2n) is 7.42. The Labute approximate surface area is 199 Å². The van der Waals surface area contributed by atoms with Crippen LogP contribution in [0, 0.1) is 6.92 Å². The normalized spacial score (nSPS) is 12.2. The van der Waals surface area contributed by atoms with Crippen molar-refractivity contribution in [1.29, 1.82) is 0 Å². The highest BCUT2D eigenvalue weighted by Gasteiger charge is 2.30. The summed E-state index contributed by atoms with van der Waals surface area (Å²) in [4.78, 5) is 27.2. The van der Waals surface area contributed by atoms with Gasteiger partial charge in [0.15, 0.2) is 0 Å². The Hall–Kier alpha value is -2.29. The Bertz CT molecular complexity index is 1080. The van der Waals surface area contributed by atoms with Gasteiger partial charge in [0.2, 0.25) is 21.8 Å². The summed E-state index contributed by atoms with van der Waals surface area (Å²) in [6.45, 7) is 5.22. The van der Waals surface area contributed by atoms with Gasteiger partial charge in [0.05, 0.1) is 11.9 Å². The molecule has 2 aromatic rings. The number of nitrogens with one attached hydrogen (secondary N) is 1. The molecule has 174 valence electrons. The van der Waals surface area contributed by atoms with Crippen molar-refractivity contribution in [3.63, 3.8) is 0 Å². The molecule has 0 aliphatic rings. The maximum Gasteiger partial charge on any atom is 0.244 e.